The third kappa shape index (κ3) is 5.21. The van der Waals surface area contributed by atoms with E-state index in [2.05, 4.69) is 26.1 Å². The van der Waals surface area contributed by atoms with Crippen LogP contribution >= 0.6 is 0 Å². The van der Waals surface area contributed by atoms with Gasteiger partial charge in [0.15, 0.2) is 11.5 Å². The summed E-state index contributed by atoms with van der Waals surface area (Å²) in [5, 5.41) is 3.59. The predicted octanol–water partition coefficient (Wildman–Crippen LogP) is 3.75. The van der Waals surface area contributed by atoms with Crippen LogP contribution in [0.15, 0.2) is 42.7 Å². The Labute approximate surface area is 206 Å². The summed E-state index contributed by atoms with van der Waals surface area (Å²) in [6.07, 6.45) is -1.49. The number of hydrazine groups is 1. The Morgan fingerprint density at radius 2 is 1.78 bits per heavy atom. The molecule has 4 rings (SSSR count). The average Bonchev–Trinajstić information content (AvgIpc) is 3.31. The van der Waals surface area contributed by atoms with Gasteiger partial charge in [-0.2, -0.15) is 13.2 Å². The zero-order valence-corrected chi connectivity index (χ0v) is 20.4. The molecular weight excluding hydrogens is 475 g/mol. The van der Waals surface area contributed by atoms with Gasteiger partial charge in [-0.05, 0) is 44.0 Å². The maximum Gasteiger partial charge on any atom is 0.395 e. The second-order valence-corrected chi connectivity index (χ2v) is 9.27. The van der Waals surface area contributed by atoms with Crippen molar-refractivity contribution in [3.63, 3.8) is 0 Å². The Morgan fingerprint density at radius 1 is 1.06 bits per heavy atom. The highest BCUT2D eigenvalue weighted by Crippen LogP contribution is 2.42. The molecule has 11 heteroatoms. The molecule has 1 aromatic carbocycles. The maximum atomic E-state index is 13.3. The molecule has 2 aromatic heterocycles. The molecule has 192 valence electrons. The molecule has 8 nitrogen and oxygen atoms in total. The Bertz CT molecular complexity index is 1250. The summed E-state index contributed by atoms with van der Waals surface area (Å²) in [5.41, 5.74) is 6.37. The number of aromatic nitrogens is 2. The standard InChI is InChI=1S/C25H28F3N5O3/c1-24(2,25(26,27)28)21-11-22(33-32-21)31-23(34)7-14-5-6-17(29-12-14)16-8-15-9-19(35-3)20(36-4)10-18(15)30-13-16/h5-6,8-10,12-13,21-22,32-33H,7,11H2,1-4H3,(H,31,34). The maximum absolute atomic E-state index is 13.3. The SMILES string of the molecule is COc1cc2cc(-c3ccc(CC(=O)NC4CC(C(C)(C)C(F)(F)F)NN4)cn3)cnc2cc1OC. The lowest BCUT2D eigenvalue weighted by Gasteiger charge is -2.33. The van der Waals surface area contributed by atoms with E-state index in [1.165, 1.54) is 0 Å². The number of nitrogens with one attached hydrogen (secondary N) is 3. The minimum Gasteiger partial charge on any atom is -0.493 e. The van der Waals surface area contributed by atoms with Crippen LogP contribution in [-0.4, -0.2) is 48.5 Å². The summed E-state index contributed by atoms with van der Waals surface area (Å²) >= 11 is 0. The van der Waals surface area contributed by atoms with E-state index in [4.69, 9.17) is 9.47 Å². The van der Waals surface area contributed by atoms with Gasteiger partial charge in [0.1, 0.15) is 0 Å². The molecule has 2 atom stereocenters. The monoisotopic (exact) mass is 503 g/mol. The number of carbonyl (C=O) groups excluding carboxylic acids is 1. The highest BCUT2D eigenvalue weighted by Gasteiger charge is 2.54. The van der Waals surface area contributed by atoms with Crippen molar-refractivity contribution in [3.05, 3.63) is 48.3 Å². The first-order valence-electron chi connectivity index (χ1n) is 11.4. The number of nitrogens with zero attached hydrogens (tertiary/aromatic N) is 2. The molecule has 0 spiro atoms. The van der Waals surface area contributed by atoms with Gasteiger partial charge >= 0.3 is 6.18 Å². The van der Waals surface area contributed by atoms with Crippen molar-refractivity contribution in [2.24, 2.45) is 5.41 Å². The van der Waals surface area contributed by atoms with Gasteiger partial charge in [0.25, 0.3) is 0 Å². The molecule has 1 amide bonds. The fraction of sp³-hybridized carbons (Fsp3) is 0.400. The van der Waals surface area contributed by atoms with Crippen LogP contribution in [-0.2, 0) is 11.2 Å². The van der Waals surface area contributed by atoms with Crippen molar-refractivity contribution in [2.75, 3.05) is 14.2 Å². The number of alkyl halides is 3. The number of hydrogen-bond donors (Lipinski definition) is 3. The Balaban J connectivity index is 1.39. The third-order valence-corrected chi connectivity index (χ3v) is 6.51. The molecule has 2 unspecified atom stereocenters. The topological polar surface area (TPSA) is 97.4 Å². The van der Waals surface area contributed by atoms with E-state index in [0.29, 0.717) is 22.8 Å². The van der Waals surface area contributed by atoms with E-state index in [-0.39, 0.29) is 18.7 Å². The molecule has 3 N–H and O–H groups in total. The molecule has 1 aliphatic heterocycles. The predicted molar refractivity (Wildman–Crippen MR) is 128 cm³/mol. The Kier molecular flexibility index (Phi) is 7.05. The van der Waals surface area contributed by atoms with Gasteiger partial charge in [0.2, 0.25) is 5.91 Å². The lowest BCUT2D eigenvalue weighted by atomic mass is 9.82. The molecule has 36 heavy (non-hydrogen) atoms. The number of ether oxygens (including phenoxy) is 2. The number of pyridine rings is 2. The van der Waals surface area contributed by atoms with Crippen LogP contribution in [0, 0.1) is 5.41 Å². The normalized spacial score (nSPS) is 18.3. The molecule has 1 aliphatic rings. The first-order chi connectivity index (χ1) is 17.0. The number of fused-ring (bicyclic) bond motifs is 1. The van der Waals surface area contributed by atoms with Crippen molar-refractivity contribution in [1.82, 2.24) is 26.1 Å². The summed E-state index contributed by atoms with van der Waals surface area (Å²) in [6.45, 7) is 2.28. The largest absolute Gasteiger partial charge is 0.493 e. The summed E-state index contributed by atoms with van der Waals surface area (Å²) < 4.78 is 50.5. The van der Waals surface area contributed by atoms with Gasteiger partial charge in [-0.3, -0.25) is 20.2 Å². The first kappa shape index (κ1) is 25.6. The Morgan fingerprint density at radius 3 is 2.42 bits per heavy atom. The van der Waals surface area contributed by atoms with Crippen LogP contribution in [0.5, 0.6) is 11.5 Å². The molecule has 0 radical (unpaired) electrons. The molecule has 3 heterocycles. The smallest absolute Gasteiger partial charge is 0.395 e. The van der Waals surface area contributed by atoms with Crippen molar-refractivity contribution in [2.45, 2.75) is 45.1 Å². The van der Waals surface area contributed by atoms with Crippen LogP contribution in [0.25, 0.3) is 22.2 Å². The summed E-state index contributed by atoms with van der Waals surface area (Å²) in [7, 11) is 3.13. The second kappa shape index (κ2) is 9.90. The number of halogens is 3. The van der Waals surface area contributed by atoms with Crippen LogP contribution in [0.3, 0.4) is 0 Å². The molecule has 1 fully saturated rings. The van der Waals surface area contributed by atoms with E-state index in [0.717, 1.165) is 30.3 Å². The number of amides is 1. The summed E-state index contributed by atoms with van der Waals surface area (Å²) in [4.78, 5) is 21.4. The van der Waals surface area contributed by atoms with Gasteiger partial charge in [0, 0.05) is 35.5 Å². The number of methoxy groups -OCH3 is 2. The van der Waals surface area contributed by atoms with E-state index in [9.17, 15) is 18.0 Å². The van der Waals surface area contributed by atoms with Crippen LogP contribution < -0.4 is 25.6 Å². The molecule has 0 bridgehead atoms. The van der Waals surface area contributed by atoms with Gasteiger partial charge in [0.05, 0.1) is 43.4 Å². The lowest BCUT2D eigenvalue weighted by Crippen LogP contribution is -2.49. The minimum absolute atomic E-state index is 0.0474. The molecule has 0 aliphatic carbocycles. The molecular formula is C25H28F3N5O3. The van der Waals surface area contributed by atoms with Crippen LogP contribution in [0.4, 0.5) is 13.2 Å². The molecule has 1 saturated heterocycles. The quantitative estimate of drug-likeness (QED) is 0.452. The lowest BCUT2D eigenvalue weighted by molar-refractivity contribution is -0.220. The minimum atomic E-state index is -4.36. The van der Waals surface area contributed by atoms with E-state index in [1.807, 2.05) is 12.1 Å². The van der Waals surface area contributed by atoms with Crippen LogP contribution in [0.2, 0.25) is 0 Å². The van der Waals surface area contributed by atoms with Crippen molar-refractivity contribution >= 4 is 16.8 Å². The van der Waals surface area contributed by atoms with E-state index in [1.54, 1.807) is 44.8 Å². The van der Waals surface area contributed by atoms with Gasteiger partial charge in [-0.1, -0.05) is 6.07 Å². The van der Waals surface area contributed by atoms with Crippen molar-refractivity contribution in [1.29, 1.82) is 0 Å². The van der Waals surface area contributed by atoms with Crippen LogP contribution in [0.1, 0.15) is 25.8 Å². The average molecular weight is 504 g/mol. The van der Waals surface area contributed by atoms with Gasteiger partial charge in [-0.15, -0.1) is 0 Å². The number of carbonyl (C=O) groups is 1. The third-order valence-electron chi connectivity index (χ3n) is 6.51. The fourth-order valence-corrected chi connectivity index (χ4v) is 4.05. The summed E-state index contributed by atoms with van der Waals surface area (Å²) in [5.74, 6) is 0.871. The summed E-state index contributed by atoms with van der Waals surface area (Å²) in [6, 6.07) is 8.31. The number of benzene rings is 1. The van der Waals surface area contributed by atoms with E-state index < -0.39 is 23.8 Å². The highest BCUT2D eigenvalue weighted by molar-refractivity contribution is 5.86. The number of hydrogen-bond acceptors (Lipinski definition) is 7. The Hall–Kier alpha value is -3.44. The van der Waals surface area contributed by atoms with Crippen molar-refractivity contribution in [3.8, 4) is 22.8 Å². The molecule has 0 saturated carbocycles. The highest BCUT2D eigenvalue weighted by atomic mass is 19.4. The first-order valence-corrected chi connectivity index (χ1v) is 11.4. The van der Waals surface area contributed by atoms with Gasteiger partial charge < -0.3 is 14.8 Å². The number of rotatable bonds is 7. The van der Waals surface area contributed by atoms with Crippen molar-refractivity contribution < 1.29 is 27.4 Å². The van der Waals surface area contributed by atoms with Gasteiger partial charge in [-0.25, -0.2) is 5.43 Å². The second-order valence-electron chi connectivity index (χ2n) is 9.27. The zero-order chi connectivity index (χ0) is 26.1. The molecule has 3 aromatic rings. The van der Waals surface area contributed by atoms with E-state index >= 15 is 0 Å². The zero-order valence-electron chi connectivity index (χ0n) is 20.4. The fourth-order valence-electron chi connectivity index (χ4n) is 4.05.